The predicted octanol–water partition coefficient (Wildman–Crippen LogP) is 0.609. The maximum absolute atomic E-state index is 13.8. The summed E-state index contributed by atoms with van der Waals surface area (Å²) in [5, 5.41) is 0. The van der Waals surface area contributed by atoms with Gasteiger partial charge in [-0.1, -0.05) is 0 Å². The smallest absolute Gasteiger partial charge is 0.264 e. The van der Waals surface area contributed by atoms with Gasteiger partial charge >= 0.3 is 0 Å². The van der Waals surface area contributed by atoms with E-state index in [0.717, 1.165) is 12.5 Å². The number of rotatable bonds is 3. The van der Waals surface area contributed by atoms with E-state index in [9.17, 15) is 17.6 Å². The number of halogens is 1. The molecular formula is C12H11FN2O4S. The van der Waals surface area contributed by atoms with Crippen LogP contribution in [-0.4, -0.2) is 30.8 Å². The molecule has 2 aromatic heterocycles. The summed E-state index contributed by atoms with van der Waals surface area (Å²) in [6, 6.07) is 2.31. The molecule has 106 valence electrons. The van der Waals surface area contributed by atoms with Gasteiger partial charge in [-0.3, -0.25) is 14.0 Å². The Balaban J connectivity index is 2.13. The third kappa shape index (κ3) is 2.10. The number of nitrogens with zero attached hydrogens (tertiary/aromatic N) is 2. The molecule has 0 aliphatic carbocycles. The minimum atomic E-state index is -3.62. The average molecular weight is 298 g/mol. The van der Waals surface area contributed by atoms with Gasteiger partial charge in [0.25, 0.3) is 15.7 Å². The van der Waals surface area contributed by atoms with E-state index in [1.54, 1.807) is 0 Å². The molecule has 3 heterocycles. The van der Waals surface area contributed by atoms with Gasteiger partial charge in [-0.15, -0.1) is 0 Å². The fourth-order valence-corrected chi connectivity index (χ4v) is 2.89. The summed E-state index contributed by atoms with van der Waals surface area (Å²) < 4.78 is 42.0. The molecule has 2 aromatic rings. The average Bonchev–Trinajstić information content (AvgIpc) is 2.75. The topological polar surface area (TPSA) is 78.3 Å². The van der Waals surface area contributed by atoms with E-state index in [-0.39, 0.29) is 18.6 Å². The lowest BCUT2D eigenvalue weighted by atomic mass is 10.1. The highest BCUT2D eigenvalue weighted by Gasteiger charge is 2.29. The van der Waals surface area contributed by atoms with E-state index >= 15 is 0 Å². The highest BCUT2D eigenvalue weighted by molar-refractivity contribution is 7.85. The molecule has 1 unspecified atom stereocenters. The molecule has 0 amide bonds. The van der Waals surface area contributed by atoms with Crippen molar-refractivity contribution in [3.63, 3.8) is 0 Å². The van der Waals surface area contributed by atoms with Crippen molar-refractivity contribution in [2.45, 2.75) is 12.5 Å². The van der Waals surface area contributed by atoms with Crippen LogP contribution >= 0.6 is 0 Å². The third-order valence-electron chi connectivity index (χ3n) is 3.28. The van der Waals surface area contributed by atoms with Crippen molar-refractivity contribution >= 4 is 21.2 Å². The minimum Gasteiger partial charge on any atom is -0.301 e. The highest BCUT2D eigenvalue weighted by Crippen LogP contribution is 2.31. The first kappa shape index (κ1) is 13.2. The lowest BCUT2D eigenvalue weighted by Crippen LogP contribution is -2.25. The van der Waals surface area contributed by atoms with Crippen molar-refractivity contribution in [1.29, 1.82) is 0 Å². The van der Waals surface area contributed by atoms with Gasteiger partial charge in [0, 0.05) is 18.1 Å². The van der Waals surface area contributed by atoms with E-state index in [4.69, 9.17) is 4.18 Å². The first-order valence-electron chi connectivity index (χ1n) is 5.90. The Bertz CT molecular complexity index is 860. The zero-order valence-corrected chi connectivity index (χ0v) is 11.4. The molecule has 1 atom stereocenters. The molecule has 8 heteroatoms. The third-order valence-corrected chi connectivity index (χ3v) is 3.84. The van der Waals surface area contributed by atoms with E-state index in [1.807, 2.05) is 0 Å². The lowest BCUT2D eigenvalue weighted by Gasteiger charge is -2.13. The van der Waals surface area contributed by atoms with Gasteiger partial charge in [-0.2, -0.15) is 8.42 Å². The van der Waals surface area contributed by atoms with E-state index < -0.39 is 22.0 Å². The summed E-state index contributed by atoms with van der Waals surface area (Å²) in [7, 11) is -3.62. The standard InChI is InChI=1S/C12H11FN2O4S/c1-20(17,18)19-6-7-4-8-9(13)5-14-10-2-3-11(16)15(7)12(8)10/h2-3,5,7H,4,6H2,1H3. The van der Waals surface area contributed by atoms with E-state index in [2.05, 4.69) is 4.98 Å². The second kappa shape index (κ2) is 4.35. The predicted molar refractivity (Wildman–Crippen MR) is 69.5 cm³/mol. The Morgan fingerprint density at radius 2 is 2.25 bits per heavy atom. The van der Waals surface area contributed by atoms with Gasteiger partial charge in [0.05, 0.1) is 36.1 Å². The maximum Gasteiger partial charge on any atom is 0.264 e. The molecular weight excluding hydrogens is 287 g/mol. The van der Waals surface area contributed by atoms with Crippen molar-refractivity contribution in [2.75, 3.05) is 12.9 Å². The van der Waals surface area contributed by atoms with Crippen LogP contribution in [0.2, 0.25) is 0 Å². The quantitative estimate of drug-likeness (QED) is 0.776. The Labute approximate surface area is 113 Å². The Hall–Kier alpha value is -1.80. The Morgan fingerprint density at radius 3 is 2.95 bits per heavy atom. The molecule has 0 bridgehead atoms. The number of hydrogen-bond donors (Lipinski definition) is 0. The van der Waals surface area contributed by atoms with Gasteiger partial charge in [0.15, 0.2) is 0 Å². The number of pyridine rings is 2. The molecule has 0 radical (unpaired) electrons. The number of hydrogen-bond acceptors (Lipinski definition) is 5. The fourth-order valence-electron chi connectivity index (χ4n) is 2.48. The molecule has 0 fully saturated rings. The van der Waals surface area contributed by atoms with Crippen LogP contribution in [0.5, 0.6) is 0 Å². The van der Waals surface area contributed by atoms with E-state index in [0.29, 0.717) is 16.6 Å². The molecule has 0 spiro atoms. The summed E-state index contributed by atoms with van der Waals surface area (Å²) >= 11 is 0. The maximum atomic E-state index is 13.8. The van der Waals surface area contributed by atoms with Crippen LogP contribution in [0.25, 0.3) is 11.0 Å². The van der Waals surface area contributed by atoms with Gasteiger partial charge < -0.3 is 4.57 Å². The van der Waals surface area contributed by atoms with Gasteiger partial charge in [0.1, 0.15) is 5.82 Å². The van der Waals surface area contributed by atoms with E-state index in [1.165, 1.54) is 16.7 Å². The molecule has 0 saturated carbocycles. The minimum absolute atomic E-state index is 0.202. The monoisotopic (exact) mass is 298 g/mol. The Morgan fingerprint density at radius 1 is 1.50 bits per heavy atom. The SMILES string of the molecule is CS(=O)(=O)OCC1Cc2c(F)cnc3ccc(=O)n1c23. The lowest BCUT2D eigenvalue weighted by molar-refractivity contribution is 0.262. The summed E-state index contributed by atoms with van der Waals surface area (Å²) in [6.07, 6.45) is 2.24. The summed E-state index contributed by atoms with van der Waals surface area (Å²) in [5.74, 6) is -0.501. The fraction of sp³-hybridized carbons (Fsp3) is 0.333. The molecule has 0 saturated heterocycles. The zero-order valence-electron chi connectivity index (χ0n) is 10.5. The van der Waals surface area contributed by atoms with Crippen LogP contribution in [0, 0.1) is 5.82 Å². The van der Waals surface area contributed by atoms with Crippen molar-refractivity contribution in [3.8, 4) is 0 Å². The van der Waals surface area contributed by atoms with Gasteiger partial charge in [-0.25, -0.2) is 4.39 Å². The van der Waals surface area contributed by atoms with Crippen molar-refractivity contribution < 1.29 is 17.0 Å². The van der Waals surface area contributed by atoms with Crippen LogP contribution < -0.4 is 5.56 Å². The van der Waals surface area contributed by atoms with Gasteiger partial charge in [-0.05, 0) is 6.07 Å². The first-order valence-corrected chi connectivity index (χ1v) is 7.71. The second-order valence-electron chi connectivity index (χ2n) is 4.71. The molecule has 1 aliphatic rings. The normalized spacial score (nSPS) is 17.8. The van der Waals surface area contributed by atoms with Crippen molar-refractivity contribution in [2.24, 2.45) is 0 Å². The van der Waals surface area contributed by atoms with Crippen LogP contribution in [0.1, 0.15) is 11.6 Å². The first-order chi connectivity index (χ1) is 9.37. The number of aromatic nitrogens is 2. The summed E-state index contributed by atoms with van der Waals surface area (Å²) in [4.78, 5) is 15.9. The highest BCUT2D eigenvalue weighted by atomic mass is 32.2. The zero-order chi connectivity index (χ0) is 14.5. The van der Waals surface area contributed by atoms with Crippen LogP contribution in [-0.2, 0) is 20.7 Å². The molecule has 3 rings (SSSR count). The van der Waals surface area contributed by atoms with Crippen molar-refractivity contribution in [3.05, 3.63) is 40.1 Å². The Kier molecular flexibility index (Phi) is 2.87. The molecule has 1 aliphatic heterocycles. The molecule has 20 heavy (non-hydrogen) atoms. The van der Waals surface area contributed by atoms with Gasteiger partial charge in [0.2, 0.25) is 0 Å². The molecule has 0 N–H and O–H groups in total. The molecule has 0 aromatic carbocycles. The van der Waals surface area contributed by atoms with Crippen LogP contribution in [0.15, 0.2) is 23.1 Å². The summed E-state index contributed by atoms with van der Waals surface area (Å²) in [6.45, 7) is -0.202. The van der Waals surface area contributed by atoms with Crippen LogP contribution in [0.4, 0.5) is 4.39 Å². The second-order valence-corrected chi connectivity index (χ2v) is 6.35. The van der Waals surface area contributed by atoms with Crippen LogP contribution in [0.3, 0.4) is 0 Å². The molecule has 6 nitrogen and oxygen atoms in total. The summed E-state index contributed by atoms with van der Waals surface area (Å²) in [5.41, 5.74) is 0.961. The van der Waals surface area contributed by atoms with Crippen molar-refractivity contribution in [1.82, 2.24) is 9.55 Å². The largest absolute Gasteiger partial charge is 0.301 e.